The van der Waals surface area contributed by atoms with Crippen LogP contribution in [0.5, 0.6) is 0 Å². The molecular formula is C12H10BrNO. The van der Waals surface area contributed by atoms with Crippen molar-refractivity contribution in [2.24, 2.45) is 0 Å². The quantitative estimate of drug-likeness (QED) is 0.776. The van der Waals surface area contributed by atoms with Crippen LogP contribution in [-0.4, -0.2) is 4.57 Å². The van der Waals surface area contributed by atoms with Crippen molar-refractivity contribution in [3.05, 3.63) is 63.0 Å². The molecule has 0 fully saturated rings. The average molecular weight is 264 g/mol. The highest BCUT2D eigenvalue weighted by atomic mass is 79.9. The van der Waals surface area contributed by atoms with Gasteiger partial charge in [0.25, 0.3) is 5.56 Å². The summed E-state index contributed by atoms with van der Waals surface area (Å²) in [5.41, 5.74) is 1.82. The van der Waals surface area contributed by atoms with Crippen LogP contribution in [0.4, 0.5) is 0 Å². The number of halogens is 1. The largest absolute Gasteiger partial charge is 0.282 e. The smallest absolute Gasteiger partial charge is 0.255 e. The number of pyridine rings is 1. The fourth-order valence-electron chi connectivity index (χ4n) is 1.51. The molecule has 0 unspecified atom stereocenters. The average Bonchev–Trinajstić information content (AvgIpc) is 2.20. The summed E-state index contributed by atoms with van der Waals surface area (Å²) in [7, 11) is 0. The molecule has 2 nitrogen and oxygen atoms in total. The fourth-order valence-corrected chi connectivity index (χ4v) is 1.78. The van der Waals surface area contributed by atoms with Crippen molar-refractivity contribution in [3.8, 4) is 5.69 Å². The number of aromatic nitrogens is 1. The molecule has 0 aliphatic rings. The van der Waals surface area contributed by atoms with Crippen molar-refractivity contribution >= 4 is 15.9 Å². The van der Waals surface area contributed by atoms with E-state index in [1.165, 1.54) is 0 Å². The number of rotatable bonds is 1. The zero-order valence-corrected chi connectivity index (χ0v) is 9.86. The Kier molecular flexibility index (Phi) is 2.73. The number of benzene rings is 1. The van der Waals surface area contributed by atoms with E-state index >= 15 is 0 Å². The summed E-state index contributed by atoms with van der Waals surface area (Å²) in [5.74, 6) is 0. The van der Waals surface area contributed by atoms with Gasteiger partial charge in [-0.2, -0.15) is 0 Å². The fraction of sp³-hybridized carbons (Fsp3) is 0.0833. The van der Waals surface area contributed by atoms with Gasteiger partial charge in [0.2, 0.25) is 0 Å². The zero-order valence-electron chi connectivity index (χ0n) is 8.27. The van der Waals surface area contributed by atoms with Crippen molar-refractivity contribution < 1.29 is 0 Å². The molecule has 0 radical (unpaired) electrons. The van der Waals surface area contributed by atoms with Gasteiger partial charge in [0.1, 0.15) is 0 Å². The first kappa shape index (κ1) is 10.2. The third-order valence-corrected chi connectivity index (χ3v) is 2.76. The number of hydrogen-bond acceptors (Lipinski definition) is 1. The Morgan fingerprint density at radius 3 is 2.33 bits per heavy atom. The standard InChI is InChI=1S/C12H10BrNO/c1-9-3-2-4-12(15)14(9)11-7-5-10(13)6-8-11/h2-8H,1H3. The van der Waals surface area contributed by atoms with E-state index in [-0.39, 0.29) is 5.56 Å². The Labute approximate surface area is 96.3 Å². The Hall–Kier alpha value is -1.35. The minimum Gasteiger partial charge on any atom is -0.282 e. The third kappa shape index (κ3) is 2.02. The van der Waals surface area contributed by atoms with E-state index in [0.717, 1.165) is 15.9 Å². The van der Waals surface area contributed by atoms with Crippen LogP contribution in [0.15, 0.2) is 51.7 Å². The highest BCUT2D eigenvalue weighted by Crippen LogP contribution is 2.13. The first-order valence-electron chi connectivity index (χ1n) is 4.63. The van der Waals surface area contributed by atoms with E-state index < -0.39 is 0 Å². The molecule has 2 rings (SSSR count). The van der Waals surface area contributed by atoms with E-state index in [1.54, 1.807) is 16.7 Å². The molecule has 0 saturated carbocycles. The molecule has 3 heteroatoms. The maximum atomic E-state index is 11.7. The van der Waals surface area contributed by atoms with Gasteiger partial charge < -0.3 is 0 Å². The SMILES string of the molecule is Cc1cccc(=O)n1-c1ccc(Br)cc1. The molecule has 76 valence electrons. The van der Waals surface area contributed by atoms with Crippen molar-refractivity contribution in [2.75, 3.05) is 0 Å². The van der Waals surface area contributed by atoms with Crippen molar-refractivity contribution in [2.45, 2.75) is 6.92 Å². The Morgan fingerprint density at radius 1 is 1.07 bits per heavy atom. The van der Waals surface area contributed by atoms with Gasteiger partial charge in [-0.05, 0) is 37.3 Å². The summed E-state index contributed by atoms with van der Waals surface area (Å²) in [5, 5.41) is 0. The van der Waals surface area contributed by atoms with Crippen LogP contribution in [0.25, 0.3) is 5.69 Å². The van der Waals surface area contributed by atoms with Gasteiger partial charge >= 0.3 is 0 Å². The van der Waals surface area contributed by atoms with E-state index in [4.69, 9.17) is 0 Å². The van der Waals surface area contributed by atoms with Crippen LogP contribution in [0.1, 0.15) is 5.69 Å². The zero-order chi connectivity index (χ0) is 10.8. The molecule has 0 atom stereocenters. The minimum absolute atomic E-state index is 0.00248. The molecule has 15 heavy (non-hydrogen) atoms. The number of nitrogens with zero attached hydrogens (tertiary/aromatic N) is 1. The number of hydrogen-bond donors (Lipinski definition) is 0. The van der Waals surface area contributed by atoms with Gasteiger partial charge in [-0.1, -0.05) is 22.0 Å². The van der Waals surface area contributed by atoms with Gasteiger partial charge in [0, 0.05) is 21.9 Å². The van der Waals surface area contributed by atoms with Crippen LogP contribution in [-0.2, 0) is 0 Å². The lowest BCUT2D eigenvalue weighted by atomic mass is 10.3. The molecule has 0 saturated heterocycles. The molecule has 1 aromatic heterocycles. The van der Waals surface area contributed by atoms with Crippen molar-refractivity contribution in [3.63, 3.8) is 0 Å². The molecule has 0 bridgehead atoms. The summed E-state index contributed by atoms with van der Waals surface area (Å²) in [6.07, 6.45) is 0. The second-order valence-corrected chi connectivity index (χ2v) is 4.23. The molecule has 0 N–H and O–H groups in total. The molecule has 1 heterocycles. The molecule has 1 aromatic carbocycles. The van der Waals surface area contributed by atoms with Crippen LogP contribution in [0.3, 0.4) is 0 Å². The van der Waals surface area contributed by atoms with Gasteiger partial charge in [0.05, 0.1) is 0 Å². The lowest BCUT2D eigenvalue weighted by Gasteiger charge is -2.08. The predicted octanol–water partition coefficient (Wildman–Crippen LogP) is 2.91. The predicted molar refractivity (Wildman–Crippen MR) is 64.5 cm³/mol. The highest BCUT2D eigenvalue weighted by Gasteiger charge is 2.01. The Balaban J connectivity index is 2.64. The second-order valence-electron chi connectivity index (χ2n) is 3.32. The second kappa shape index (κ2) is 4.03. The van der Waals surface area contributed by atoms with E-state index in [9.17, 15) is 4.79 Å². The van der Waals surface area contributed by atoms with E-state index in [1.807, 2.05) is 37.3 Å². The summed E-state index contributed by atoms with van der Waals surface area (Å²) >= 11 is 3.37. The van der Waals surface area contributed by atoms with E-state index in [0.29, 0.717) is 0 Å². The molecule has 0 aliphatic carbocycles. The summed E-state index contributed by atoms with van der Waals surface area (Å²) < 4.78 is 2.69. The maximum Gasteiger partial charge on any atom is 0.255 e. The van der Waals surface area contributed by atoms with Crippen molar-refractivity contribution in [1.82, 2.24) is 4.57 Å². The van der Waals surface area contributed by atoms with Gasteiger partial charge in [-0.25, -0.2) is 0 Å². The highest BCUT2D eigenvalue weighted by molar-refractivity contribution is 9.10. The first-order chi connectivity index (χ1) is 7.18. The molecule has 0 amide bonds. The minimum atomic E-state index is -0.00248. The summed E-state index contributed by atoms with van der Waals surface area (Å²) in [4.78, 5) is 11.7. The topological polar surface area (TPSA) is 22.0 Å². The molecular weight excluding hydrogens is 254 g/mol. The Bertz CT molecular complexity index is 528. The van der Waals surface area contributed by atoms with E-state index in [2.05, 4.69) is 15.9 Å². The molecule has 0 spiro atoms. The monoisotopic (exact) mass is 263 g/mol. The summed E-state index contributed by atoms with van der Waals surface area (Å²) in [6.45, 7) is 1.92. The lowest BCUT2D eigenvalue weighted by Crippen LogP contribution is -2.18. The molecule has 2 aromatic rings. The van der Waals surface area contributed by atoms with Gasteiger partial charge in [-0.3, -0.25) is 9.36 Å². The van der Waals surface area contributed by atoms with Gasteiger partial charge in [-0.15, -0.1) is 0 Å². The summed E-state index contributed by atoms with van der Waals surface area (Å²) in [6, 6.07) is 12.9. The lowest BCUT2D eigenvalue weighted by molar-refractivity contribution is 0.934. The molecule has 0 aliphatic heterocycles. The van der Waals surface area contributed by atoms with Crippen LogP contribution >= 0.6 is 15.9 Å². The van der Waals surface area contributed by atoms with Crippen molar-refractivity contribution in [1.29, 1.82) is 0 Å². The Morgan fingerprint density at radius 2 is 1.73 bits per heavy atom. The van der Waals surface area contributed by atoms with Crippen LogP contribution in [0.2, 0.25) is 0 Å². The number of aryl methyl sites for hydroxylation is 1. The maximum absolute atomic E-state index is 11.7. The van der Waals surface area contributed by atoms with Crippen LogP contribution in [0, 0.1) is 6.92 Å². The normalized spacial score (nSPS) is 10.3. The first-order valence-corrected chi connectivity index (χ1v) is 5.42. The third-order valence-electron chi connectivity index (χ3n) is 2.23. The van der Waals surface area contributed by atoms with Crippen LogP contribution < -0.4 is 5.56 Å². The van der Waals surface area contributed by atoms with Gasteiger partial charge in [0.15, 0.2) is 0 Å².